The lowest BCUT2D eigenvalue weighted by atomic mass is 9.83. The first kappa shape index (κ1) is 29.2. The molecule has 1 spiro atoms. The van der Waals surface area contributed by atoms with E-state index in [2.05, 4.69) is 21.3 Å². The van der Waals surface area contributed by atoms with Gasteiger partial charge in [-0.2, -0.15) is 0 Å². The van der Waals surface area contributed by atoms with E-state index in [1.807, 2.05) is 0 Å². The fourth-order valence-electron chi connectivity index (χ4n) is 5.59. The van der Waals surface area contributed by atoms with Crippen molar-refractivity contribution >= 4 is 52.9 Å². The highest BCUT2D eigenvalue weighted by molar-refractivity contribution is 6.30. The van der Waals surface area contributed by atoms with Crippen molar-refractivity contribution < 1.29 is 33.8 Å². The number of ether oxygens (including phenoxy) is 1. The van der Waals surface area contributed by atoms with Gasteiger partial charge in [-0.3, -0.25) is 25.0 Å². The Morgan fingerprint density at radius 2 is 1.88 bits per heavy atom. The molecular weight excluding hydrogens is 566 g/mol. The molecule has 1 saturated carbocycles. The average molecular weight is 598 g/mol. The largest absolute Gasteiger partial charge is 0.465 e. The van der Waals surface area contributed by atoms with Crippen LogP contribution in [0.5, 0.6) is 0 Å². The quantitative estimate of drug-likeness (QED) is 0.307. The Bertz CT molecular complexity index is 1400. The third-order valence-electron chi connectivity index (χ3n) is 7.97. The van der Waals surface area contributed by atoms with Gasteiger partial charge in [-0.05, 0) is 74.6 Å². The molecule has 1 unspecified atom stereocenters. The Balaban J connectivity index is 1.33. The van der Waals surface area contributed by atoms with Crippen molar-refractivity contribution in [2.75, 3.05) is 30.3 Å². The highest BCUT2D eigenvalue weighted by atomic mass is 35.5. The summed E-state index contributed by atoms with van der Waals surface area (Å²) in [6, 6.07) is 9.90. The van der Waals surface area contributed by atoms with Crippen LogP contribution in [0.1, 0.15) is 54.4 Å². The van der Waals surface area contributed by atoms with Gasteiger partial charge in [0.15, 0.2) is 5.60 Å². The molecule has 1 saturated heterocycles. The molecule has 42 heavy (non-hydrogen) atoms. The first-order valence-electron chi connectivity index (χ1n) is 13.9. The number of hydrogen-bond acceptors (Lipinski definition) is 6. The Morgan fingerprint density at radius 3 is 2.57 bits per heavy atom. The molecule has 2 aliphatic heterocycles. The van der Waals surface area contributed by atoms with Gasteiger partial charge in [0, 0.05) is 40.8 Å². The average Bonchev–Trinajstić information content (AvgIpc) is 2.91. The van der Waals surface area contributed by atoms with E-state index in [1.54, 1.807) is 23.1 Å². The summed E-state index contributed by atoms with van der Waals surface area (Å²) >= 11 is 6.27. The third-order valence-corrected chi connectivity index (χ3v) is 8.21. The Kier molecular flexibility index (Phi) is 8.53. The number of hydrogen-bond donors (Lipinski definition) is 5. The Hall–Kier alpha value is -4.32. The van der Waals surface area contributed by atoms with Crippen molar-refractivity contribution in [3.63, 3.8) is 0 Å². The predicted molar refractivity (Wildman–Crippen MR) is 153 cm³/mol. The second kappa shape index (κ2) is 12.3. The van der Waals surface area contributed by atoms with Crippen molar-refractivity contribution in [2.45, 2.75) is 50.2 Å². The molecule has 1 aliphatic carbocycles. The van der Waals surface area contributed by atoms with E-state index in [0.29, 0.717) is 41.3 Å². The van der Waals surface area contributed by atoms with Crippen molar-refractivity contribution in [3.8, 4) is 0 Å². The number of nitrogens with one attached hydrogen (secondary N) is 4. The van der Waals surface area contributed by atoms with Crippen molar-refractivity contribution in [1.29, 1.82) is 0 Å². The molecule has 2 aromatic carbocycles. The zero-order chi connectivity index (χ0) is 29.9. The maximum Gasteiger partial charge on any atom is 0.412 e. The van der Waals surface area contributed by atoms with Crippen LogP contribution in [0.2, 0.25) is 5.02 Å². The summed E-state index contributed by atoms with van der Waals surface area (Å²) in [7, 11) is 0. The molecule has 5 rings (SSSR count). The van der Waals surface area contributed by atoms with Gasteiger partial charge >= 0.3 is 12.2 Å². The molecule has 0 aromatic heterocycles. The summed E-state index contributed by atoms with van der Waals surface area (Å²) in [6.45, 7) is 0.643. The topological polar surface area (TPSA) is 166 Å². The smallest absolute Gasteiger partial charge is 0.412 e. The summed E-state index contributed by atoms with van der Waals surface area (Å²) in [5.41, 5.74) is 0.662. The molecule has 0 bridgehead atoms. The van der Waals surface area contributed by atoms with Crippen LogP contribution >= 0.6 is 11.6 Å². The fraction of sp³-hybridized carbons (Fsp3) is 0.414. The van der Waals surface area contributed by atoms with Gasteiger partial charge in [0.1, 0.15) is 6.04 Å². The number of amides is 5. The molecule has 13 heteroatoms. The lowest BCUT2D eigenvalue weighted by Crippen LogP contribution is -2.57. The maximum atomic E-state index is 13.9. The minimum absolute atomic E-state index is 0.0184. The van der Waals surface area contributed by atoms with Crippen LogP contribution in [0.3, 0.4) is 0 Å². The number of carbonyl (C=O) groups is 5. The second-order valence-electron chi connectivity index (χ2n) is 10.8. The van der Waals surface area contributed by atoms with Gasteiger partial charge in [-0.25, -0.2) is 9.59 Å². The van der Waals surface area contributed by atoms with Gasteiger partial charge in [0.05, 0.1) is 12.2 Å². The van der Waals surface area contributed by atoms with Crippen molar-refractivity contribution in [1.82, 2.24) is 15.5 Å². The minimum atomic E-state index is -1.23. The number of carbonyl (C=O) groups excluding carboxylic acids is 4. The summed E-state index contributed by atoms with van der Waals surface area (Å²) in [6.07, 6.45) is 2.02. The van der Waals surface area contributed by atoms with Crippen molar-refractivity contribution in [3.05, 3.63) is 58.6 Å². The third kappa shape index (κ3) is 6.43. The number of benzene rings is 2. The zero-order valence-electron chi connectivity index (χ0n) is 22.8. The van der Waals surface area contributed by atoms with Crippen LogP contribution < -0.4 is 21.3 Å². The molecule has 0 radical (unpaired) electrons. The SMILES string of the molecule is O=C(O)Nc1ccc(C(=O)N[C@@H](CCNC(=O)C2CCC2)C(=O)N2CCCC3(C2)OC(=O)Nc2ccc(Cl)cc23)cc1. The summed E-state index contributed by atoms with van der Waals surface area (Å²) < 4.78 is 5.81. The van der Waals surface area contributed by atoms with Crippen molar-refractivity contribution in [2.24, 2.45) is 5.92 Å². The number of likely N-dealkylation sites (tertiary alicyclic amines) is 1. The molecule has 2 aromatic rings. The molecule has 2 heterocycles. The van der Waals surface area contributed by atoms with E-state index in [-0.39, 0.29) is 42.8 Å². The number of anilines is 2. The minimum Gasteiger partial charge on any atom is -0.465 e. The Morgan fingerprint density at radius 1 is 1.12 bits per heavy atom. The van der Waals surface area contributed by atoms with Gasteiger partial charge < -0.3 is 25.4 Å². The van der Waals surface area contributed by atoms with E-state index >= 15 is 0 Å². The van der Waals surface area contributed by atoms with Crippen LogP contribution in [0.15, 0.2) is 42.5 Å². The monoisotopic (exact) mass is 597 g/mol. The summed E-state index contributed by atoms with van der Waals surface area (Å²) in [4.78, 5) is 64.5. The summed E-state index contributed by atoms with van der Waals surface area (Å²) in [5.74, 6) is -0.984. The second-order valence-corrected chi connectivity index (χ2v) is 11.2. The molecule has 222 valence electrons. The van der Waals surface area contributed by atoms with E-state index in [4.69, 9.17) is 21.4 Å². The highest BCUT2D eigenvalue weighted by Gasteiger charge is 2.47. The van der Waals surface area contributed by atoms with Crippen LogP contribution in [0.4, 0.5) is 21.0 Å². The molecule has 5 amide bonds. The van der Waals surface area contributed by atoms with E-state index < -0.39 is 29.7 Å². The van der Waals surface area contributed by atoms with Crippen LogP contribution in [0, 0.1) is 5.92 Å². The number of nitrogens with zero attached hydrogens (tertiary/aromatic N) is 1. The van der Waals surface area contributed by atoms with E-state index in [9.17, 15) is 24.0 Å². The Labute approximate surface area is 247 Å². The van der Waals surface area contributed by atoms with Crippen LogP contribution in [0.25, 0.3) is 0 Å². The molecular formula is C29H32ClN5O7. The number of fused-ring (bicyclic) bond motifs is 2. The number of rotatable bonds is 8. The van der Waals surface area contributed by atoms with E-state index in [1.165, 1.54) is 24.3 Å². The predicted octanol–water partition coefficient (Wildman–Crippen LogP) is 3.91. The number of carboxylic acid groups (broad SMARTS) is 1. The fourth-order valence-corrected chi connectivity index (χ4v) is 5.76. The van der Waals surface area contributed by atoms with Gasteiger partial charge in [0.2, 0.25) is 11.8 Å². The van der Waals surface area contributed by atoms with Gasteiger partial charge in [-0.1, -0.05) is 18.0 Å². The lowest BCUT2D eigenvalue weighted by molar-refractivity contribution is -0.141. The molecule has 3 aliphatic rings. The zero-order valence-corrected chi connectivity index (χ0v) is 23.5. The van der Waals surface area contributed by atoms with Gasteiger partial charge in [-0.15, -0.1) is 0 Å². The number of halogens is 1. The summed E-state index contributed by atoms with van der Waals surface area (Å²) in [5, 5.41) is 19.9. The maximum absolute atomic E-state index is 13.9. The first-order valence-corrected chi connectivity index (χ1v) is 14.3. The van der Waals surface area contributed by atoms with Crippen LogP contribution in [-0.4, -0.2) is 65.6 Å². The molecule has 5 N–H and O–H groups in total. The highest BCUT2D eigenvalue weighted by Crippen LogP contribution is 2.43. The molecule has 12 nitrogen and oxygen atoms in total. The van der Waals surface area contributed by atoms with Crippen LogP contribution in [-0.2, 0) is 19.9 Å². The molecule has 2 atom stereocenters. The normalized spacial score (nSPS) is 20.3. The molecule has 2 fully saturated rings. The van der Waals surface area contributed by atoms with E-state index in [0.717, 1.165) is 19.3 Å². The van der Waals surface area contributed by atoms with Gasteiger partial charge in [0.25, 0.3) is 5.91 Å². The lowest BCUT2D eigenvalue weighted by Gasteiger charge is -2.45. The number of piperidine rings is 1. The first-order chi connectivity index (χ1) is 20.1. The standard InChI is InChI=1S/C29H32ClN5O7/c30-19-7-10-22-21(15-19)29(42-28(41)34-22)12-2-14-35(16-29)26(38)23(11-13-31-24(36)17-3-1-4-17)33-25(37)18-5-8-20(9-6-18)32-27(39)40/h5-10,15,17,23,32H,1-4,11-14,16H2,(H,31,36)(H,33,37)(H,34,41)(H,39,40)/t23-,29?/m0/s1.